The monoisotopic (exact) mass is 324 g/mol. The van der Waals surface area contributed by atoms with Crippen LogP contribution in [0.25, 0.3) is 0 Å². The molecule has 21 heavy (non-hydrogen) atoms. The number of rotatable bonds is 4. The highest BCUT2D eigenvalue weighted by molar-refractivity contribution is 5.85. The molecule has 0 aliphatic rings. The van der Waals surface area contributed by atoms with E-state index in [1.165, 1.54) is 12.1 Å². The Labute approximate surface area is 128 Å². The summed E-state index contributed by atoms with van der Waals surface area (Å²) >= 11 is 0. The van der Waals surface area contributed by atoms with Crippen molar-refractivity contribution in [2.24, 2.45) is 11.7 Å². The summed E-state index contributed by atoms with van der Waals surface area (Å²) in [6, 6.07) is 3.77. The topological polar surface area (TPSA) is 55.1 Å². The van der Waals surface area contributed by atoms with Gasteiger partial charge in [0.15, 0.2) is 0 Å². The molecule has 1 aromatic rings. The maximum absolute atomic E-state index is 12.5. The molecule has 0 fully saturated rings. The first-order valence-corrected chi connectivity index (χ1v) is 6.36. The SMILES string of the molecule is CC(C)C(NC(=O)[C@@H](C)N)c1ccc(C(F)(F)F)cc1.Cl. The van der Waals surface area contributed by atoms with Gasteiger partial charge in [-0.05, 0) is 30.5 Å². The molecule has 0 aliphatic heterocycles. The minimum atomic E-state index is -4.36. The van der Waals surface area contributed by atoms with Crippen LogP contribution in [-0.4, -0.2) is 11.9 Å². The van der Waals surface area contributed by atoms with Crippen LogP contribution < -0.4 is 11.1 Å². The molecular weight excluding hydrogens is 305 g/mol. The van der Waals surface area contributed by atoms with E-state index in [4.69, 9.17) is 5.73 Å². The van der Waals surface area contributed by atoms with Crippen molar-refractivity contribution in [2.45, 2.75) is 39.0 Å². The fraction of sp³-hybridized carbons (Fsp3) is 0.500. The maximum atomic E-state index is 12.5. The fourth-order valence-electron chi connectivity index (χ4n) is 1.80. The molecule has 0 radical (unpaired) electrons. The van der Waals surface area contributed by atoms with Gasteiger partial charge in [-0.25, -0.2) is 0 Å². The van der Waals surface area contributed by atoms with Crippen molar-refractivity contribution in [1.29, 1.82) is 0 Å². The van der Waals surface area contributed by atoms with E-state index in [0.29, 0.717) is 5.56 Å². The molecule has 3 N–H and O–H groups in total. The number of carbonyl (C=O) groups is 1. The molecule has 0 saturated heterocycles. The van der Waals surface area contributed by atoms with Gasteiger partial charge in [-0.15, -0.1) is 12.4 Å². The second kappa shape index (κ2) is 7.66. The lowest BCUT2D eigenvalue weighted by Crippen LogP contribution is -2.41. The van der Waals surface area contributed by atoms with Crippen molar-refractivity contribution in [3.8, 4) is 0 Å². The summed E-state index contributed by atoms with van der Waals surface area (Å²) in [5, 5.41) is 2.75. The molecule has 7 heteroatoms. The number of amides is 1. The molecule has 3 nitrogen and oxygen atoms in total. The summed E-state index contributed by atoms with van der Waals surface area (Å²) in [4.78, 5) is 11.6. The summed E-state index contributed by atoms with van der Waals surface area (Å²) in [7, 11) is 0. The van der Waals surface area contributed by atoms with Crippen molar-refractivity contribution < 1.29 is 18.0 Å². The van der Waals surface area contributed by atoms with Crippen LogP contribution >= 0.6 is 12.4 Å². The first-order chi connectivity index (χ1) is 9.12. The van der Waals surface area contributed by atoms with Gasteiger partial charge >= 0.3 is 6.18 Å². The molecule has 2 atom stereocenters. The minimum absolute atomic E-state index is 0. The largest absolute Gasteiger partial charge is 0.416 e. The van der Waals surface area contributed by atoms with E-state index in [9.17, 15) is 18.0 Å². The maximum Gasteiger partial charge on any atom is 0.416 e. The molecule has 1 unspecified atom stereocenters. The van der Waals surface area contributed by atoms with Gasteiger partial charge in [-0.1, -0.05) is 26.0 Å². The van der Waals surface area contributed by atoms with E-state index in [1.807, 2.05) is 13.8 Å². The zero-order chi connectivity index (χ0) is 15.5. The molecule has 0 bridgehead atoms. The van der Waals surface area contributed by atoms with Crippen molar-refractivity contribution in [3.05, 3.63) is 35.4 Å². The van der Waals surface area contributed by atoms with Crippen molar-refractivity contribution in [2.75, 3.05) is 0 Å². The van der Waals surface area contributed by atoms with E-state index in [1.54, 1.807) is 6.92 Å². The number of hydrogen-bond donors (Lipinski definition) is 2. The molecule has 0 saturated carbocycles. The third-order valence-electron chi connectivity index (χ3n) is 2.98. The van der Waals surface area contributed by atoms with Crippen LogP contribution in [0.5, 0.6) is 0 Å². The van der Waals surface area contributed by atoms with Gasteiger partial charge in [0, 0.05) is 0 Å². The Hall–Kier alpha value is -1.27. The highest BCUT2D eigenvalue weighted by Gasteiger charge is 2.30. The van der Waals surface area contributed by atoms with Crippen molar-refractivity contribution in [3.63, 3.8) is 0 Å². The van der Waals surface area contributed by atoms with Crippen LogP contribution in [-0.2, 0) is 11.0 Å². The third kappa shape index (κ3) is 5.55. The minimum Gasteiger partial charge on any atom is -0.348 e. The highest BCUT2D eigenvalue weighted by Crippen LogP contribution is 2.31. The van der Waals surface area contributed by atoms with Gasteiger partial charge < -0.3 is 11.1 Å². The Bertz CT molecular complexity index is 458. The van der Waals surface area contributed by atoms with E-state index >= 15 is 0 Å². The van der Waals surface area contributed by atoms with Crippen LogP contribution in [0.3, 0.4) is 0 Å². The van der Waals surface area contributed by atoms with Gasteiger partial charge in [0.05, 0.1) is 17.6 Å². The average molecular weight is 325 g/mol. The van der Waals surface area contributed by atoms with Crippen LogP contribution in [0.1, 0.15) is 37.9 Å². The summed E-state index contributed by atoms with van der Waals surface area (Å²) < 4.78 is 37.5. The molecule has 1 amide bonds. The van der Waals surface area contributed by atoms with Crippen LogP contribution in [0.4, 0.5) is 13.2 Å². The number of nitrogens with one attached hydrogen (secondary N) is 1. The number of halogens is 4. The zero-order valence-corrected chi connectivity index (χ0v) is 12.9. The van der Waals surface area contributed by atoms with E-state index in [2.05, 4.69) is 5.32 Å². The van der Waals surface area contributed by atoms with Gasteiger partial charge in [-0.3, -0.25) is 4.79 Å². The van der Waals surface area contributed by atoms with E-state index in [0.717, 1.165) is 12.1 Å². The summed E-state index contributed by atoms with van der Waals surface area (Å²) in [6.45, 7) is 5.31. The van der Waals surface area contributed by atoms with Gasteiger partial charge in [0.25, 0.3) is 0 Å². The standard InChI is InChI=1S/C14H19F3N2O.ClH/c1-8(2)12(19-13(20)9(3)18)10-4-6-11(7-5-10)14(15,16)17;/h4-9,12H,18H2,1-3H3,(H,19,20);1H/t9-,12?;/m1./s1. The van der Waals surface area contributed by atoms with Gasteiger partial charge in [0.2, 0.25) is 5.91 Å². The Morgan fingerprint density at radius 2 is 1.62 bits per heavy atom. The fourth-order valence-corrected chi connectivity index (χ4v) is 1.80. The Morgan fingerprint density at radius 1 is 1.14 bits per heavy atom. The molecule has 1 aromatic carbocycles. The normalized spacial score (nSPS) is 14.3. The number of benzene rings is 1. The lowest BCUT2D eigenvalue weighted by molar-refractivity contribution is -0.137. The predicted octanol–water partition coefficient (Wildman–Crippen LogP) is 3.29. The average Bonchev–Trinajstić information content (AvgIpc) is 2.34. The van der Waals surface area contributed by atoms with E-state index in [-0.39, 0.29) is 30.3 Å². The third-order valence-corrected chi connectivity index (χ3v) is 2.98. The van der Waals surface area contributed by atoms with Gasteiger partial charge in [0.1, 0.15) is 0 Å². The first-order valence-electron chi connectivity index (χ1n) is 6.36. The van der Waals surface area contributed by atoms with Crippen molar-refractivity contribution in [1.82, 2.24) is 5.32 Å². The van der Waals surface area contributed by atoms with Crippen LogP contribution in [0.15, 0.2) is 24.3 Å². The summed E-state index contributed by atoms with van der Waals surface area (Å²) in [5.74, 6) is -0.293. The smallest absolute Gasteiger partial charge is 0.348 e. The molecule has 0 aliphatic carbocycles. The van der Waals surface area contributed by atoms with Crippen molar-refractivity contribution >= 4 is 18.3 Å². The van der Waals surface area contributed by atoms with E-state index < -0.39 is 17.8 Å². The Kier molecular flexibility index (Phi) is 7.19. The molecule has 1 rings (SSSR count). The number of carbonyl (C=O) groups excluding carboxylic acids is 1. The quantitative estimate of drug-likeness (QED) is 0.893. The predicted molar refractivity (Wildman–Crippen MR) is 78.1 cm³/mol. The Balaban J connectivity index is 0.00000400. The molecule has 0 heterocycles. The number of hydrogen-bond acceptors (Lipinski definition) is 2. The molecule has 120 valence electrons. The number of alkyl halides is 3. The second-order valence-electron chi connectivity index (χ2n) is 5.14. The lowest BCUT2D eigenvalue weighted by Gasteiger charge is -2.24. The summed E-state index contributed by atoms with van der Waals surface area (Å²) in [5.41, 5.74) is 5.40. The molecular formula is C14H20ClF3N2O. The summed E-state index contributed by atoms with van der Waals surface area (Å²) in [6.07, 6.45) is -4.36. The highest BCUT2D eigenvalue weighted by atomic mass is 35.5. The number of nitrogens with two attached hydrogens (primary N) is 1. The van der Waals surface area contributed by atoms with Crippen LogP contribution in [0, 0.1) is 5.92 Å². The Morgan fingerprint density at radius 3 is 1.95 bits per heavy atom. The zero-order valence-electron chi connectivity index (χ0n) is 12.1. The second-order valence-corrected chi connectivity index (χ2v) is 5.14. The molecule has 0 aromatic heterocycles. The first kappa shape index (κ1) is 19.7. The molecule has 0 spiro atoms. The van der Waals surface area contributed by atoms with Crippen LogP contribution in [0.2, 0.25) is 0 Å². The van der Waals surface area contributed by atoms with Gasteiger partial charge in [-0.2, -0.15) is 13.2 Å². The lowest BCUT2D eigenvalue weighted by atomic mass is 9.95.